The predicted molar refractivity (Wildman–Crippen MR) is 167 cm³/mol. The van der Waals surface area contributed by atoms with Gasteiger partial charge in [-0.2, -0.15) is 0 Å². The van der Waals surface area contributed by atoms with Gasteiger partial charge in [0, 0.05) is 24.3 Å². The molecule has 45 heavy (non-hydrogen) atoms. The molecule has 0 unspecified atom stereocenters. The molecule has 5 rings (SSSR count). The number of hydrogen-bond donors (Lipinski definition) is 2. The first-order valence-electron chi connectivity index (χ1n) is 15.8. The van der Waals surface area contributed by atoms with Crippen molar-refractivity contribution in [1.29, 1.82) is 0 Å². The van der Waals surface area contributed by atoms with Gasteiger partial charge in [0.1, 0.15) is 24.0 Å². The average molecular weight is 621 g/mol. The van der Waals surface area contributed by atoms with Crippen molar-refractivity contribution in [1.82, 2.24) is 20.7 Å². The lowest BCUT2D eigenvalue weighted by molar-refractivity contribution is -0.271. The third kappa shape index (κ3) is 7.26. The summed E-state index contributed by atoms with van der Waals surface area (Å²) in [5.41, 5.74) is 3.99. The van der Waals surface area contributed by atoms with Crippen LogP contribution < -0.4 is 10.7 Å². The molecule has 5 bridgehead atoms. The van der Waals surface area contributed by atoms with Crippen LogP contribution in [-0.2, 0) is 33.4 Å². The molecule has 2 aromatic rings. The minimum atomic E-state index is -1.12. The molecule has 1 spiro atoms. The van der Waals surface area contributed by atoms with E-state index in [1.807, 2.05) is 56.3 Å². The Morgan fingerprint density at radius 3 is 2.44 bits per heavy atom. The van der Waals surface area contributed by atoms with Crippen LogP contribution in [0.2, 0.25) is 0 Å². The average Bonchev–Trinajstić information content (AvgIpc) is 3.01. The third-order valence-corrected chi connectivity index (χ3v) is 8.96. The first-order chi connectivity index (χ1) is 21.3. The van der Waals surface area contributed by atoms with E-state index in [1.165, 1.54) is 5.01 Å². The molecule has 4 heterocycles. The maximum absolute atomic E-state index is 14.1. The van der Waals surface area contributed by atoms with E-state index in [0.717, 1.165) is 10.9 Å². The second-order valence-electron chi connectivity index (χ2n) is 13.3. The number of nitrogens with one attached hydrogen (secondary N) is 2. The number of benzene rings is 1. The minimum Gasteiger partial charge on any atom is -0.455 e. The van der Waals surface area contributed by atoms with Gasteiger partial charge in [0.15, 0.2) is 5.79 Å². The normalized spacial score (nSPS) is 28.6. The van der Waals surface area contributed by atoms with E-state index < -0.39 is 41.3 Å². The number of aromatic nitrogens is 1. The number of ketones is 1. The lowest BCUT2D eigenvalue weighted by Crippen LogP contribution is -2.60. The molecule has 1 aromatic heterocycles. The van der Waals surface area contributed by atoms with Crippen LogP contribution in [0.1, 0.15) is 78.2 Å². The second-order valence-corrected chi connectivity index (χ2v) is 13.3. The quantitative estimate of drug-likeness (QED) is 0.456. The number of fused-ring (bicyclic) bond motifs is 4. The van der Waals surface area contributed by atoms with Crippen molar-refractivity contribution < 1.29 is 33.4 Å². The van der Waals surface area contributed by atoms with Gasteiger partial charge in [-0.1, -0.05) is 44.2 Å². The molecular weight excluding hydrogens is 576 g/mol. The molecule has 3 aliphatic heterocycles. The Morgan fingerprint density at radius 1 is 1.02 bits per heavy atom. The molecule has 242 valence electrons. The molecular formula is C34H44N4O7. The zero-order valence-corrected chi connectivity index (χ0v) is 26.9. The summed E-state index contributed by atoms with van der Waals surface area (Å²) in [6, 6.07) is 7.95. The molecule has 2 fully saturated rings. The summed E-state index contributed by atoms with van der Waals surface area (Å²) in [6.07, 6.45) is 4.07. The van der Waals surface area contributed by atoms with Crippen LogP contribution in [0.4, 0.5) is 0 Å². The lowest BCUT2D eigenvalue weighted by Gasteiger charge is -2.41. The maximum atomic E-state index is 14.1. The highest BCUT2D eigenvalue weighted by atomic mass is 16.7. The van der Waals surface area contributed by atoms with E-state index in [-0.39, 0.29) is 43.2 Å². The number of nitrogens with zero attached hydrogens (tertiary/aromatic N) is 2. The van der Waals surface area contributed by atoms with Gasteiger partial charge in [0.25, 0.3) is 5.91 Å². The van der Waals surface area contributed by atoms with Crippen molar-refractivity contribution in [3.05, 3.63) is 47.7 Å². The second kappa shape index (κ2) is 13.0. The van der Waals surface area contributed by atoms with Crippen molar-refractivity contribution in [3.8, 4) is 0 Å². The highest BCUT2D eigenvalue weighted by Gasteiger charge is 2.45. The SMILES string of the molecule is CC(C)[C@@H]1CC(=O)C2(/C=C/c3ccc4ccc(nc4c3)[C@@H](C)OC(=O)[C@@H]3CCCN(N3)C(=O)[C@H](C)NC1=O)COC(C)(C)OC2. The van der Waals surface area contributed by atoms with Crippen molar-refractivity contribution in [2.75, 3.05) is 19.8 Å². The van der Waals surface area contributed by atoms with E-state index in [4.69, 9.17) is 19.2 Å². The maximum Gasteiger partial charge on any atom is 0.325 e. The van der Waals surface area contributed by atoms with Crippen LogP contribution in [0.5, 0.6) is 0 Å². The van der Waals surface area contributed by atoms with Gasteiger partial charge < -0.3 is 19.5 Å². The summed E-state index contributed by atoms with van der Waals surface area (Å²) in [7, 11) is 0. The number of hydrogen-bond acceptors (Lipinski definition) is 9. The lowest BCUT2D eigenvalue weighted by atomic mass is 9.77. The highest BCUT2D eigenvalue weighted by Crippen LogP contribution is 2.36. The van der Waals surface area contributed by atoms with Crippen LogP contribution in [-0.4, -0.2) is 71.2 Å². The molecule has 11 heteroatoms. The summed E-state index contributed by atoms with van der Waals surface area (Å²) in [6.45, 7) is 11.3. The first kappa shape index (κ1) is 32.7. The molecule has 2 N–H and O–H groups in total. The number of cyclic esters (lactones) is 1. The standard InChI is InChI=1S/C34H44N4O7/c1-20(2)25-17-29(39)34(18-43-33(5,6)44-19-34)14-13-23-9-10-24-11-12-26(36-28(24)16-23)22(4)45-32(42)27-8-7-15-38(37-27)31(41)21(3)35-30(25)40/h9-14,16,20-22,25,27,37H,7-8,15,17-19H2,1-6H3,(H,35,40)/b14-13+/t21-,22+,25-,27-/m0/s1. The number of carbonyl (C=O) groups excluding carboxylic acids is 4. The molecule has 3 aliphatic rings. The number of rotatable bonds is 1. The zero-order chi connectivity index (χ0) is 32.5. The summed E-state index contributed by atoms with van der Waals surface area (Å²) < 4.78 is 17.8. The molecule has 2 amide bonds. The van der Waals surface area contributed by atoms with Gasteiger partial charge in [0.05, 0.1) is 29.8 Å². The fourth-order valence-electron chi connectivity index (χ4n) is 5.86. The predicted octanol–water partition coefficient (Wildman–Crippen LogP) is 3.87. The topological polar surface area (TPSA) is 136 Å². The molecule has 0 radical (unpaired) electrons. The van der Waals surface area contributed by atoms with Gasteiger partial charge in [-0.05, 0) is 64.2 Å². The van der Waals surface area contributed by atoms with E-state index >= 15 is 0 Å². The number of pyridine rings is 1. The van der Waals surface area contributed by atoms with Crippen molar-refractivity contribution in [2.24, 2.45) is 17.3 Å². The Hall–Kier alpha value is -3.67. The van der Waals surface area contributed by atoms with Crippen molar-refractivity contribution in [3.63, 3.8) is 0 Å². The summed E-state index contributed by atoms with van der Waals surface area (Å²) in [4.78, 5) is 59.0. The van der Waals surface area contributed by atoms with Gasteiger partial charge in [0.2, 0.25) is 5.91 Å². The Kier molecular flexibility index (Phi) is 9.44. The van der Waals surface area contributed by atoms with Crippen LogP contribution in [0, 0.1) is 17.3 Å². The van der Waals surface area contributed by atoms with Crippen LogP contribution >= 0.6 is 0 Å². The molecule has 4 atom stereocenters. The minimum absolute atomic E-state index is 0.0572. The van der Waals surface area contributed by atoms with Crippen LogP contribution in [0.3, 0.4) is 0 Å². The van der Waals surface area contributed by atoms with E-state index in [2.05, 4.69) is 10.7 Å². The van der Waals surface area contributed by atoms with Gasteiger partial charge in [-0.15, -0.1) is 0 Å². The Labute approximate surface area is 264 Å². The Bertz CT molecular complexity index is 1490. The Morgan fingerprint density at radius 2 is 1.73 bits per heavy atom. The van der Waals surface area contributed by atoms with E-state index in [0.29, 0.717) is 30.6 Å². The van der Waals surface area contributed by atoms with Gasteiger partial charge in [-0.3, -0.25) is 24.2 Å². The largest absolute Gasteiger partial charge is 0.455 e. The monoisotopic (exact) mass is 620 g/mol. The molecule has 2 saturated heterocycles. The van der Waals surface area contributed by atoms with E-state index in [9.17, 15) is 19.2 Å². The van der Waals surface area contributed by atoms with E-state index in [1.54, 1.807) is 27.7 Å². The summed E-state index contributed by atoms with van der Waals surface area (Å²) >= 11 is 0. The molecule has 1 aromatic carbocycles. The van der Waals surface area contributed by atoms with Gasteiger partial charge in [-0.25, -0.2) is 10.4 Å². The number of amides is 2. The Balaban J connectivity index is 1.54. The summed E-state index contributed by atoms with van der Waals surface area (Å²) in [5, 5.41) is 5.10. The van der Waals surface area contributed by atoms with Crippen molar-refractivity contribution >= 4 is 40.5 Å². The number of Topliss-reactive ketones (excluding diaryl/α,β-unsaturated/α-hetero) is 1. The van der Waals surface area contributed by atoms with Gasteiger partial charge >= 0.3 is 5.97 Å². The summed E-state index contributed by atoms with van der Waals surface area (Å²) in [5.74, 6) is -3.16. The third-order valence-electron chi connectivity index (χ3n) is 8.96. The zero-order valence-electron chi connectivity index (χ0n) is 26.9. The number of carbonyl (C=O) groups is 4. The molecule has 11 nitrogen and oxygen atoms in total. The molecule has 0 aliphatic carbocycles. The number of hydrazine groups is 1. The fraction of sp³-hybridized carbons (Fsp3) is 0.559. The van der Waals surface area contributed by atoms with Crippen LogP contribution in [0.25, 0.3) is 17.0 Å². The number of esters is 1. The van der Waals surface area contributed by atoms with Crippen molar-refractivity contribution in [2.45, 2.75) is 84.8 Å². The van der Waals surface area contributed by atoms with Crippen LogP contribution in [0.15, 0.2) is 36.4 Å². The number of ether oxygens (including phenoxy) is 3. The fourth-order valence-corrected chi connectivity index (χ4v) is 5.86. The smallest absolute Gasteiger partial charge is 0.325 e. The first-order valence-corrected chi connectivity index (χ1v) is 15.8. The highest BCUT2D eigenvalue weighted by molar-refractivity contribution is 5.94. The molecule has 0 saturated carbocycles.